The van der Waals surface area contributed by atoms with Gasteiger partial charge in [0, 0.05) is 31.4 Å². The summed E-state index contributed by atoms with van der Waals surface area (Å²) in [6, 6.07) is 0. The van der Waals surface area contributed by atoms with Crippen LogP contribution in [-0.4, -0.2) is 19.6 Å². The van der Waals surface area contributed by atoms with Gasteiger partial charge in [0.05, 0.1) is 23.3 Å². The first kappa shape index (κ1) is 12.7. The SMILES string of the molecule is CCn1cc(CNc2cnn(CC)c2C)c(C)n1. The lowest BCUT2D eigenvalue weighted by Crippen LogP contribution is -2.03. The maximum absolute atomic E-state index is 4.44. The largest absolute Gasteiger partial charge is 0.378 e. The van der Waals surface area contributed by atoms with Gasteiger partial charge in [0.2, 0.25) is 0 Å². The Morgan fingerprint density at radius 3 is 2.56 bits per heavy atom. The number of hydrogen-bond acceptors (Lipinski definition) is 3. The Kier molecular flexibility index (Phi) is 3.69. The maximum atomic E-state index is 4.44. The molecule has 18 heavy (non-hydrogen) atoms. The number of nitrogens with one attached hydrogen (secondary N) is 1. The van der Waals surface area contributed by atoms with Gasteiger partial charge in [-0.1, -0.05) is 0 Å². The van der Waals surface area contributed by atoms with Crippen LogP contribution in [0.4, 0.5) is 5.69 Å². The first-order chi connectivity index (χ1) is 8.65. The molecule has 2 heterocycles. The van der Waals surface area contributed by atoms with Crippen LogP contribution < -0.4 is 5.32 Å². The minimum Gasteiger partial charge on any atom is -0.378 e. The second-order valence-corrected chi connectivity index (χ2v) is 4.41. The van der Waals surface area contributed by atoms with E-state index in [1.54, 1.807) is 0 Å². The van der Waals surface area contributed by atoms with Crippen molar-refractivity contribution in [3.05, 3.63) is 29.3 Å². The molecule has 0 saturated carbocycles. The van der Waals surface area contributed by atoms with E-state index in [1.807, 2.05) is 22.5 Å². The van der Waals surface area contributed by atoms with E-state index >= 15 is 0 Å². The molecule has 0 aromatic carbocycles. The lowest BCUT2D eigenvalue weighted by atomic mass is 10.2. The van der Waals surface area contributed by atoms with Gasteiger partial charge in [0.25, 0.3) is 0 Å². The molecule has 0 unspecified atom stereocenters. The Morgan fingerprint density at radius 1 is 1.22 bits per heavy atom. The number of aromatic nitrogens is 4. The molecule has 0 atom stereocenters. The van der Waals surface area contributed by atoms with Crippen molar-refractivity contribution in [3.8, 4) is 0 Å². The van der Waals surface area contributed by atoms with Gasteiger partial charge in [-0.3, -0.25) is 9.36 Å². The normalized spacial score (nSPS) is 10.9. The minimum atomic E-state index is 0.794. The minimum absolute atomic E-state index is 0.794. The van der Waals surface area contributed by atoms with E-state index < -0.39 is 0 Å². The van der Waals surface area contributed by atoms with Crippen molar-refractivity contribution in [3.63, 3.8) is 0 Å². The van der Waals surface area contributed by atoms with Crippen LogP contribution in [0, 0.1) is 13.8 Å². The molecule has 0 aliphatic rings. The summed E-state index contributed by atoms with van der Waals surface area (Å²) in [5.41, 5.74) is 4.60. The zero-order valence-electron chi connectivity index (χ0n) is 11.6. The molecule has 1 N–H and O–H groups in total. The standard InChI is InChI=1S/C13H21N5/c1-5-17-9-12(10(3)16-17)7-14-13-8-15-18(6-2)11(13)4/h8-9,14H,5-7H2,1-4H3. The van der Waals surface area contributed by atoms with Crippen LogP contribution in [0.15, 0.2) is 12.4 Å². The predicted octanol–water partition coefficient (Wildman–Crippen LogP) is 2.35. The first-order valence-electron chi connectivity index (χ1n) is 6.44. The van der Waals surface area contributed by atoms with Gasteiger partial charge < -0.3 is 5.32 Å². The van der Waals surface area contributed by atoms with Gasteiger partial charge in [-0.15, -0.1) is 0 Å². The molecule has 0 spiro atoms. The Morgan fingerprint density at radius 2 is 2.00 bits per heavy atom. The molecule has 0 aliphatic carbocycles. The van der Waals surface area contributed by atoms with E-state index in [1.165, 1.54) is 11.3 Å². The van der Waals surface area contributed by atoms with Crippen LogP contribution >= 0.6 is 0 Å². The Hall–Kier alpha value is -1.78. The molecule has 0 radical (unpaired) electrons. The predicted molar refractivity (Wildman–Crippen MR) is 72.6 cm³/mol. The van der Waals surface area contributed by atoms with Crippen LogP contribution in [0.25, 0.3) is 0 Å². The van der Waals surface area contributed by atoms with Crippen molar-refractivity contribution in [1.82, 2.24) is 19.6 Å². The number of hydrogen-bond donors (Lipinski definition) is 1. The van der Waals surface area contributed by atoms with Crippen LogP contribution in [0.1, 0.15) is 30.8 Å². The summed E-state index contributed by atoms with van der Waals surface area (Å²) in [6.45, 7) is 10.9. The highest BCUT2D eigenvalue weighted by Crippen LogP contribution is 2.15. The maximum Gasteiger partial charge on any atom is 0.0758 e. The van der Waals surface area contributed by atoms with E-state index in [4.69, 9.17) is 0 Å². The second-order valence-electron chi connectivity index (χ2n) is 4.41. The zero-order valence-corrected chi connectivity index (χ0v) is 11.6. The molecule has 98 valence electrons. The molecule has 2 rings (SSSR count). The average molecular weight is 247 g/mol. The summed E-state index contributed by atoms with van der Waals surface area (Å²) in [5.74, 6) is 0. The topological polar surface area (TPSA) is 47.7 Å². The third kappa shape index (κ3) is 2.39. The van der Waals surface area contributed by atoms with Crippen LogP contribution in [0.5, 0.6) is 0 Å². The van der Waals surface area contributed by atoms with Crippen LogP contribution in [0.3, 0.4) is 0 Å². The highest BCUT2D eigenvalue weighted by atomic mass is 15.3. The highest BCUT2D eigenvalue weighted by Gasteiger charge is 2.07. The molecule has 5 heteroatoms. The van der Waals surface area contributed by atoms with Crippen molar-refractivity contribution in [1.29, 1.82) is 0 Å². The molecule has 2 aromatic rings. The molecule has 0 fully saturated rings. The Labute approximate surface area is 108 Å². The molecule has 0 saturated heterocycles. The first-order valence-corrected chi connectivity index (χ1v) is 6.44. The lowest BCUT2D eigenvalue weighted by molar-refractivity contribution is 0.640. The van der Waals surface area contributed by atoms with Gasteiger partial charge in [-0.2, -0.15) is 10.2 Å². The third-order valence-electron chi connectivity index (χ3n) is 3.24. The summed E-state index contributed by atoms with van der Waals surface area (Å²) in [5, 5.41) is 12.2. The fraction of sp³-hybridized carbons (Fsp3) is 0.538. The van der Waals surface area contributed by atoms with Gasteiger partial charge >= 0.3 is 0 Å². The number of aryl methyl sites for hydroxylation is 3. The highest BCUT2D eigenvalue weighted by molar-refractivity contribution is 5.46. The van der Waals surface area contributed by atoms with Crippen molar-refractivity contribution >= 4 is 5.69 Å². The quantitative estimate of drug-likeness (QED) is 0.882. The van der Waals surface area contributed by atoms with E-state index in [9.17, 15) is 0 Å². The van der Waals surface area contributed by atoms with E-state index in [-0.39, 0.29) is 0 Å². The van der Waals surface area contributed by atoms with Crippen molar-refractivity contribution < 1.29 is 0 Å². The molecular weight excluding hydrogens is 226 g/mol. The lowest BCUT2D eigenvalue weighted by Gasteiger charge is -2.05. The van der Waals surface area contributed by atoms with Gasteiger partial charge in [-0.05, 0) is 27.7 Å². The Balaban J connectivity index is 2.06. The van der Waals surface area contributed by atoms with Crippen LogP contribution in [-0.2, 0) is 19.6 Å². The third-order valence-corrected chi connectivity index (χ3v) is 3.24. The molecule has 0 amide bonds. The van der Waals surface area contributed by atoms with Gasteiger partial charge in [-0.25, -0.2) is 0 Å². The number of rotatable bonds is 5. The van der Waals surface area contributed by atoms with Crippen LogP contribution in [0.2, 0.25) is 0 Å². The molecule has 5 nitrogen and oxygen atoms in total. The van der Waals surface area contributed by atoms with Crippen molar-refractivity contribution in [2.45, 2.75) is 47.3 Å². The molecular formula is C13H21N5. The summed E-state index contributed by atoms with van der Waals surface area (Å²) in [6.07, 6.45) is 3.99. The fourth-order valence-electron chi connectivity index (χ4n) is 2.02. The summed E-state index contributed by atoms with van der Waals surface area (Å²) in [4.78, 5) is 0. The Bertz CT molecular complexity index is 521. The molecule has 0 bridgehead atoms. The van der Waals surface area contributed by atoms with Gasteiger partial charge in [0.1, 0.15) is 0 Å². The summed E-state index contributed by atoms with van der Waals surface area (Å²) in [7, 11) is 0. The van der Waals surface area contributed by atoms with Crippen molar-refractivity contribution in [2.75, 3.05) is 5.32 Å². The van der Waals surface area contributed by atoms with E-state index in [2.05, 4.69) is 42.5 Å². The smallest absolute Gasteiger partial charge is 0.0758 e. The monoisotopic (exact) mass is 247 g/mol. The fourth-order valence-corrected chi connectivity index (χ4v) is 2.02. The second kappa shape index (κ2) is 5.25. The van der Waals surface area contributed by atoms with Gasteiger partial charge in [0.15, 0.2) is 0 Å². The number of anilines is 1. The summed E-state index contributed by atoms with van der Waals surface area (Å²) < 4.78 is 3.96. The summed E-state index contributed by atoms with van der Waals surface area (Å²) >= 11 is 0. The zero-order chi connectivity index (χ0) is 13.1. The van der Waals surface area contributed by atoms with E-state index in [0.717, 1.165) is 31.0 Å². The molecule has 0 aliphatic heterocycles. The average Bonchev–Trinajstić information content (AvgIpc) is 2.90. The molecule has 2 aromatic heterocycles. The van der Waals surface area contributed by atoms with Crippen molar-refractivity contribution in [2.24, 2.45) is 0 Å². The van der Waals surface area contributed by atoms with E-state index in [0.29, 0.717) is 0 Å². The number of nitrogens with zero attached hydrogens (tertiary/aromatic N) is 4.